The van der Waals surface area contributed by atoms with Gasteiger partial charge in [-0.1, -0.05) is 0 Å². The first-order valence-corrected chi connectivity index (χ1v) is 6.48. The molecule has 5 heteroatoms. The highest BCUT2D eigenvalue weighted by Gasteiger charge is 2.25. The topological polar surface area (TPSA) is 57.5 Å². The summed E-state index contributed by atoms with van der Waals surface area (Å²) in [4.78, 5) is 23.6. The fourth-order valence-electron chi connectivity index (χ4n) is 2.81. The second-order valence-corrected chi connectivity index (χ2v) is 4.84. The van der Waals surface area contributed by atoms with E-state index in [9.17, 15) is 9.59 Å². The number of rotatable bonds is 3. The molecular weight excluding hydrogens is 258 g/mol. The molecule has 0 atom stereocenters. The molecule has 0 saturated carbocycles. The fraction of sp³-hybridized carbons (Fsp3) is 0.333. The summed E-state index contributed by atoms with van der Waals surface area (Å²) in [5, 5.41) is 0.759. The third-order valence-corrected chi connectivity index (χ3v) is 3.72. The molecule has 1 aromatic heterocycles. The monoisotopic (exact) mass is 273 g/mol. The Hall–Kier alpha value is -2.30. The number of aromatic nitrogens is 1. The summed E-state index contributed by atoms with van der Waals surface area (Å²) in [5.74, 6) is -0.754. The lowest BCUT2D eigenvalue weighted by Crippen LogP contribution is -2.15. The lowest BCUT2D eigenvalue weighted by Gasteiger charge is -2.16. The highest BCUT2D eigenvalue weighted by Crippen LogP contribution is 2.33. The van der Waals surface area contributed by atoms with E-state index in [1.54, 1.807) is 19.4 Å². The molecule has 0 spiro atoms. The Balaban J connectivity index is 2.26. The number of ether oxygens (including phenoxy) is 2. The van der Waals surface area contributed by atoms with Gasteiger partial charge < -0.3 is 14.0 Å². The fourth-order valence-corrected chi connectivity index (χ4v) is 2.81. The zero-order valence-corrected chi connectivity index (χ0v) is 11.4. The largest absolute Gasteiger partial charge is 0.497 e. The van der Waals surface area contributed by atoms with Gasteiger partial charge in [0.15, 0.2) is 0 Å². The van der Waals surface area contributed by atoms with E-state index < -0.39 is 11.8 Å². The molecule has 1 aliphatic rings. The molecule has 0 radical (unpaired) electrons. The molecule has 1 aromatic carbocycles. The number of hydrogen-bond acceptors (Lipinski definition) is 4. The number of aryl methyl sites for hydroxylation is 2. The van der Waals surface area contributed by atoms with Crippen LogP contribution in [0, 0.1) is 0 Å². The number of nitrogens with zero attached hydrogens (tertiary/aromatic N) is 1. The normalized spacial score (nSPS) is 13.3. The molecule has 1 aliphatic heterocycles. The van der Waals surface area contributed by atoms with Crippen LogP contribution >= 0.6 is 0 Å². The molecule has 0 aliphatic carbocycles. The van der Waals surface area contributed by atoms with Crippen LogP contribution in [0.4, 0.5) is 0 Å². The molecule has 3 rings (SSSR count). The van der Waals surface area contributed by atoms with E-state index in [0.717, 1.165) is 35.9 Å². The standard InChI is InChI=1S/C15H15NO4/c1-19-10-6-9-4-3-5-16-8-12(11(7-10)13(9)16)14(17)15(18)20-2/h6-8H,3-5H2,1-2H3. The van der Waals surface area contributed by atoms with E-state index >= 15 is 0 Å². The first-order valence-electron chi connectivity index (χ1n) is 6.48. The highest BCUT2D eigenvalue weighted by atomic mass is 16.5. The summed E-state index contributed by atoms with van der Waals surface area (Å²) >= 11 is 0. The number of hydrogen-bond donors (Lipinski definition) is 0. The lowest BCUT2D eigenvalue weighted by molar-refractivity contribution is -0.135. The van der Waals surface area contributed by atoms with Crippen LogP contribution < -0.4 is 4.74 Å². The van der Waals surface area contributed by atoms with Crippen molar-refractivity contribution in [3.63, 3.8) is 0 Å². The zero-order valence-electron chi connectivity index (χ0n) is 11.4. The molecule has 104 valence electrons. The number of ketones is 1. The second kappa shape index (κ2) is 4.67. The summed E-state index contributed by atoms with van der Waals surface area (Å²) in [6.45, 7) is 0.851. The third kappa shape index (κ3) is 1.78. The van der Waals surface area contributed by atoms with Crippen LogP contribution in [0.5, 0.6) is 5.75 Å². The van der Waals surface area contributed by atoms with Gasteiger partial charge in [0, 0.05) is 18.1 Å². The van der Waals surface area contributed by atoms with Crippen molar-refractivity contribution in [1.29, 1.82) is 0 Å². The van der Waals surface area contributed by atoms with E-state index in [0.29, 0.717) is 11.3 Å². The van der Waals surface area contributed by atoms with Crippen LogP contribution in [0.15, 0.2) is 18.3 Å². The minimum absolute atomic E-state index is 0.383. The molecular formula is C15H15NO4. The van der Waals surface area contributed by atoms with Gasteiger partial charge in [-0.05, 0) is 30.5 Å². The molecule has 0 fully saturated rings. The summed E-state index contributed by atoms with van der Waals surface area (Å²) < 4.78 is 11.8. The van der Waals surface area contributed by atoms with Gasteiger partial charge in [0.1, 0.15) is 5.75 Å². The molecule has 0 amide bonds. The predicted molar refractivity (Wildman–Crippen MR) is 73.2 cm³/mol. The number of Topliss-reactive ketones (excluding diaryl/α,β-unsaturated/α-hetero) is 1. The number of benzene rings is 1. The molecule has 2 heterocycles. The smallest absolute Gasteiger partial charge is 0.379 e. The Morgan fingerprint density at radius 3 is 2.75 bits per heavy atom. The molecule has 5 nitrogen and oxygen atoms in total. The van der Waals surface area contributed by atoms with Crippen molar-refractivity contribution in [2.45, 2.75) is 19.4 Å². The molecule has 0 N–H and O–H groups in total. The Bertz CT molecular complexity index is 714. The minimum atomic E-state index is -0.840. The van der Waals surface area contributed by atoms with Crippen LogP contribution in [0.2, 0.25) is 0 Å². The van der Waals surface area contributed by atoms with Crippen molar-refractivity contribution in [2.24, 2.45) is 0 Å². The average Bonchev–Trinajstić information content (AvgIpc) is 2.86. The Labute approximate surface area is 116 Å². The van der Waals surface area contributed by atoms with Gasteiger partial charge in [0.2, 0.25) is 0 Å². The lowest BCUT2D eigenvalue weighted by atomic mass is 10.0. The first-order chi connectivity index (χ1) is 9.65. The van der Waals surface area contributed by atoms with Crippen LogP contribution in [0.25, 0.3) is 10.9 Å². The first kappa shape index (κ1) is 12.7. The molecule has 2 aromatic rings. The highest BCUT2D eigenvalue weighted by molar-refractivity contribution is 6.43. The Morgan fingerprint density at radius 1 is 1.25 bits per heavy atom. The summed E-state index contributed by atoms with van der Waals surface area (Å²) in [6, 6.07) is 3.79. The minimum Gasteiger partial charge on any atom is -0.497 e. The predicted octanol–water partition coefficient (Wildman–Crippen LogP) is 1.95. The van der Waals surface area contributed by atoms with Crippen LogP contribution in [-0.2, 0) is 22.5 Å². The molecule has 20 heavy (non-hydrogen) atoms. The van der Waals surface area contributed by atoms with Gasteiger partial charge in [-0.3, -0.25) is 4.79 Å². The zero-order chi connectivity index (χ0) is 14.3. The molecule has 0 saturated heterocycles. The van der Waals surface area contributed by atoms with Crippen molar-refractivity contribution < 1.29 is 19.1 Å². The maximum atomic E-state index is 12.1. The van der Waals surface area contributed by atoms with Crippen molar-refractivity contribution in [3.05, 3.63) is 29.5 Å². The Kier molecular flexibility index (Phi) is 2.97. The van der Waals surface area contributed by atoms with Crippen molar-refractivity contribution in [1.82, 2.24) is 4.57 Å². The van der Waals surface area contributed by atoms with Crippen LogP contribution in [-0.4, -0.2) is 30.5 Å². The van der Waals surface area contributed by atoms with Crippen molar-refractivity contribution in [2.75, 3.05) is 14.2 Å². The van der Waals surface area contributed by atoms with E-state index in [4.69, 9.17) is 4.74 Å². The third-order valence-electron chi connectivity index (χ3n) is 3.72. The maximum absolute atomic E-state index is 12.1. The number of carbonyl (C=O) groups excluding carboxylic acids is 2. The van der Waals surface area contributed by atoms with Gasteiger partial charge in [-0.25, -0.2) is 4.79 Å². The molecule has 0 bridgehead atoms. The quantitative estimate of drug-likeness (QED) is 0.487. The van der Waals surface area contributed by atoms with E-state index in [1.807, 2.05) is 10.6 Å². The van der Waals surface area contributed by atoms with Crippen LogP contribution in [0.1, 0.15) is 22.3 Å². The van der Waals surface area contributed by atoms with Crippen molar-refractivity contribution >= 4 is 22.7 Å². The summed E-state index contributed by atoms with van der Waals surface area (Å²) in [5.41, 5.74) is 2.55. The Morgan fingerprint density at radius 2 is 2.05 bits per heavy atom. The van der Waals surface area contributed by atoms with Crippen LogP contribution in [0.3, 0.4) is 0 Å². The van der Waals surface area contributed by atoms with Gasteiger partial charge in [-0.2, -0.15) is 0 Å². The maximum Gasteiger partial charge on any atom is 0.379 e. The number of methoxy groups -OCH3 is 2. The van der Waals surface area contributed by atoms with E-state index in [1.165, 1.54) is 7.11 Å². The van der Waals surface area contributed by atoms with Crippen molar-refractivity contribution in [3.8, 4) is 5.75 Å². The number of carbonyl (C=O) groups is 2. The second-order valence-electron chi connectivity index (χ2n) is 4.84. The number of esters is 1. The average molecular weight is 273 g/mol. The summed E-state index contributed by atoms with van der Waals surface area (Å²) in [7, 11) is 2.80. The molecule has 0 unspecified atom stereocenters. The van der Waals surface area contributed by atoms with Gasteiger partial charge in [0.05, 0.1) is 25.3 Å². The summed E-state index contributed by atoms with van der Waals surface area (Å²) in [6.07, 6.45) is 3.70. The SMILES string of the molecule is COC(=O)C(=O)c1cn2c3c(cc(OC)cc13)CCC2. The van der Waals surface area contributed by atoms with Gasteiger partial charge in [0.25, 0.3) is 5.78 Å². The van der Waals surface area contributed by atoms with Gasteiger partial charge in [-0.15, -0.1) is 0 Å². The van der Waals surface area contributed by atoms with E-state index in [2.05, 4.69) is 4.74 Å². The van der Waals surface area contributed by atoms with E-state index in [-0.39, 0.29) is 0 Å². The van der Waals surface area contributed by atoms with Gasteiger partial charge >= 0.3 is 5.97 Å².